The van der Waals surface area contributed by atoms with Gasteiger partial charge in [-0.1, -0.05) is 26.8 Å². The fourth-order valence-corrected chi connectivity index (χ4v) is 2.09. The molecule has 0 saturated heterocycles. The lowest BCUT2D eigenvalue weighted by Crippen LogP contribution is -2.28. The van der Waals surface area contributed by atoms with E-state index in [-0.39, 0.29) is 5.41 Å². The standard InChI is InChI=1S/C12H18FNO2S/c1-12(2,3)10-7-6-9(13)8-11(10)14(4)17(5,15)16/h6-8H,1-5H3. The summed E-state index contributed by atoms with van der Waals surface area (Å²) in [6, 6.07) is 4.23. The molecule has 1 aromatic rings. The third-order valence-corrected chi connectivity index (χ3v) is 3.80. The highest BCUT2D eigenvalue weighted by molar-refractivity contribution is 7.92. The fraction of sp³-hybridized carbons (Fsp3) is 0.500. The molecule has 0 N–H and O–H groups in total. The molecule has 0 unspecified atom stereocenters. The van der Waals surface area contributed by atoms with Gasteiger partial charge < -0.3 is 0 Å². The molecule has 17 heavy (non-hydrogen) atoms. The number of halogens is 1. The molecule has 0 heterocycles. The average molecular weight is 259 g/mol. The molecule has 0 aliphatic carbocycles. The van der Waals surface area contributed by atoms with Crippen LogP contribution in [0.1, 0.15) is 26.3 Å². The lowest BCUT2D eigenvalue weighted by atomic mass is 9.86. The van der Waals surface area contributed by atoms with Gasteiger partial charge in [-0.2, -0.15) is 0 Å². The van der Waals surface area contributed by atoms with Gasteiger partial charge in [-0.3, -0.25) is 4.31 Å². The Kier molecular flexibility index (Phi) is 3.52. The SMILES string of the molecule is CN(c1cc(F)ccc1C(C)(C)C)S(C)(=O)=O. The number of benzene rings is 1. The quantitative estimate of drug-likeness (QED) is 0.818. The Morgan fingerprint density at radius 2 is 1.76 bits per heavy atom. The van der Waals surface area contributed by atoms with Crippen LogP contribution in [0.5, 0.6) is 0 Å². The first-order valence-electron chi connectivity index (χ1n) is 5.27. The molecule has 0 aromatic heterocycles. The zero-order valence-corrected chi connectivity index (χ0v) is 11.6. The Balaban J connectivity index is 3.46. The minimum absolute atomic E-state index is 0.248. The highest BCUT2D eigenvalue weighted by Gasteiger charge is 2.23. The molecule has 0 aliphatic rings. The minimum atomic E-state index is -3.39. The predicted octanol–water partition coefficient (Wildman–Crippen LogP) is 2.52. The number of nitrogens with zero attached hydrogens (tertiary/aromatic N) is 1. The summed E-state index contributed by atoms with van der Waals surface area (Å²) in [5.74, 6) is -0.441. The molecule has 96 valence electrons. The topological polar surface area (TPSA) is 37.4 Å². The third kappa shape index (κ3) is 3.19. The van der Waals surface area contributed by atoms with Crippen molar-refractivity contribution in [3.63, 3.8) is 0 Å². The third-order valence-electron chi connectivity index (χ3n) is 2.60. The van der Waals surface area contributed by atoms with Crippen molar-refractivity contribution >= 4 is 15.7 Å². The van der Waals surface area contributed by atoms with Gasteiger partial charge in [0.15, 0.2) is 0 Å². The summed E-state index contributed by atoms with van der Waals surface area (Å²) >= 11 is 0. The number of hydrogen-bond acceptors (Lipinski definition) is 2. The molecule has 0 fully saturated rings. The van der Waals surface area contributed by atoms with Crippen molar-refractivity contribution in [1.29, 1.82) is 0 Å². The Labute approximate surface area is 102 Å². The van der Waals surface area contributed by atoms with E-state index in [4.69, 9.17) is 0 Å². The first-order chi connectivity index (χ1) is 7.53. The van der Waals surface area contributed by atoms with E-state index in [0.29, 0.717) is 5.69 Å². The van der Waals surface area contributed by atoms with E-state index in [2.05, 4.69) is 0 Å². The average Bonchev–Trinajstić information content (AvgIpc) is 2.13. The molecule has 0 amide bonds. The second-order valence-corrected chi connectivity index (χ2v) is 7.16. The summed E-state index contributed by atoms with van der Waals surface area (Å²) in [7, 11) is -1.96. The van der Waals surface area contributed by atoms with Crippen LogP contribution in [0.25, 0.3) is 0 Å². The van der Waals surface area contributed by atoms with E-state index in [1.807, 2.05) is 20.8 Å². The predicted molar refractivity (Wildman–Crippen MR) is 68.3 cm³/mol. The van der Waals surface area contributed by atoms with Gasteiger partial charge in [-0.15, -0.1) is 0 Å². The maximum absolute atomic E-state index is 13.3. The molecule has 1 aromatic carbocycles. The van der Waals surface area contributed by atoms with Crippen molar-refractivity contribution in [3.05, 3.63) is 29.6 Å². The van der Waals surface area contributed by atoms with E-state index in [1.165, 1.54) is 19.2 Å². The van der Waals surface area contributed by atoms with Crippen LogP contribution < -0.4 is 4.31 Å². The Hall–Kier alpha value is -1.10. The molecule has 0 aliphatic heterocycles. The minimum Gasteiger partial charge on any atom is -0.273 e. The molecular weight excluding hydrogens is 241 g/mol. The lowest BCUT2D eigenvalue weighted by molar-refractivity contribution is 0.580. The molecule has 5 heteroatoms. The van der Waals surface area contributed by atoms with E-state index < -0.39 is 15.8 Å². The van der Waals surface area contributed by atoms with E-state index in [1.54, 1.807) is 6.07 Å². The first-order valence-corrected chi connectivity index (χ1v) is 7.12. The molecule has 0 atom stereocenters. The van der Waals surface area contributed by atoms with E-state index >= 15 is 0 Å². The first kappa shape index (κ1) is 14.0. The Morgan fingerprint density at radius 3 is 2.18 bits per heavy atom. The van der Waals surface area contributed by atoms with Crippen LogP contribution in [0, 0.1) is 5.82 Å². The molecule has 0 radical (unpaired) electrons. The summed E-state index contributed by atoms with van der Waals surface area (Å²) < 4.78 is 37.4. The van der Waals surface area contributed by atoms with Crippen LogP contribution in [0.3, 0.4) is 0 Å². The van der Waals surface area contributed by atoms with Gasteiger partial charge in [0.05, 0.1) is 11.9 Å². The van der Waals surface area contributed by atoms with E-state index in [0.717, 1.165) is 16.1 Å². The Bertz CT molecular complexity index is 518. The summed E-state index contributed by atoms with van der Waals surface area (Å²) in [6.45, 7) is 5.87. The van der Waals surface area contributed by atoms with Gasteiger partial charge in [0.1, 0.15) is 5.82 Å². The van der Waals surface area contributed by atoms with E-state index in [9.17, 15) is 12.8 Å². The van der Waals surface area contributed by atoms with Gasteiger partial charge >= 0.3 is 0 Å². The maximum Gasteiger partial charge on any atom is 0.232 e. The van der Waals surface area contributed by atoms with Gasteiger partial charge in [0.25, 0.3) is 0 Å². The van der Waals surface area contributed by atoms with Crippen LogP contribution >= 0.6 is 0 Å². The zero-order valence-electron chi connectivity index (χ0n) is 10.8. The largest absolute Gasteiger partial charge is 0.273 e. The molecule has 3 nitrogen and oxygen atoms in total. The van der Waals surface area contributed by atoms with Gasteiger partial charge in [0, 0.05) is 7.05 Å². The van der Waals surface area contributed by atoms with Crippen LogP contribution in [0.2, 0.25) is 0 Å². The summed E-state index contributed by atoms with van der Waals surface area (Å²) in [5, 5.41) is 0. The zero-order chi connectivity index (χ0) is 13.4. The van der Waals surface area contributed by atoms with Gasteiger partial charge in [-0.05, 0) is 23.1 Å². The molecule has 0 spiro atoms. The molecule has 1 rings (SSSR count). The van der Waals surface area contributed by atoms with Crippen molar-refractivity contribution < 1.29 is 12.8 Å². The normalized spacial score (nSPS) is 12.6. The highest BCUT2D eigenvalue weighted by Crippen LogP contribution is 2.32. The highest BCUT2D eigenvalue weighted by atomic mass is 32.2. The van der Waals surface area contributed by atoms with Crippen LogP contribution in [0.15, 0.2) is 18.2 Å². The van der Waals surface area contributed by atoms with Crippen molar-refractivity contribution in [3.8, 4) is 0 Å². The molecule has 0 bridgehead atoms. The number of hydrogen-bond donors (Lipinski definition) is 0. The van der Waals surface area contributed by atoms with Crippen molar-refractivity contribution in [2.75, 3.05) is 17.6 Å². The Morgan fingerprint density at radius 1 is 1.24 bits per heavy atom. The van der Waals surface area contributed by atoms with Crippen LogP contribution in [-0.2, 0) is 15.4 Å². The maximum atomic E-state index is 13.3. The summed E-state index contributed by atoms with van der Waals surface area (Å²) in [4.78, 5) is 0. The second-order valence-electron chi connectivity index (χ2n) is 5.14. The second kappa shape index (κ2) is 4.29. The van der Waals surface area contributed by atoms with Crippen LogP contribution in [0.4, 0.5) is 10.1 Å². The van der Waals surface area contributed by atoms with Crippen molar-refractivity contribution in [2.24, 2.45) is 0 Å². The summed E-state index contributed by atoms with van der Waals surface area (Å²) in [6.07, 6.45) is 1.10. The summed E-state index contributed by atoms with van der Waals surface area (Å²) in [5.41, 5.74) is 0.939. The van der Waals surface area contributed by atoms with Crippen molar-refractivity contribution in [1.82, 2.24) is 0 Å². The van der Waals surface area contributed by atoms with Crippen LogP contribution in [-0.4, -0.2) is 21.7 Å². The number of rotatable bonds is 2. The van der Waals surface area contributed by atoms with Gasteiger partial charge in [-0.25, -0.2) is 12.8 Å². The molecule has 0 saturated carbocycles. The number of anilines is 1. The van der Waals surface area contributed by atoms with Gasteiger partial charge in [0.2, 0.25) is 10.0 Å². The lowest BCUT2D eigenvalue weighted by Gasteiger charge is -2.27. The monoisotopic (exact) mass is 259 g/mol. The smallest absolute Gasteiger partial charge is 0.232 e. The fourth-order valence-electron chi connectivity index (χ4n) is 1.58. The molecular formula is C12H18FNO2S. The van der Waals surface area contributed by atoms with Crippen molar-refractivity contribution in [2.45, 2.75) is 26.2 Å². The number of sulfonamides is 1.